The number of nitrogens with zero attached hydrogens (tertiary/aromatic N) is 2. The van der Waals surface area contributed by atoms with E-state index in [2.05, 4.69) is 36.1 Å². The lowest BCUT2D eigenvalue weighted by Gasteiger charge is -2.19. The third-order valence-electron chi connectivity index (χ3n) is 4.05. The summed E-state index contributed by atoms with van der Waals surface area (Å²) in [6.45, 7) is 6.50. The second-order valence-electron chi connectivity index (χ2n) is 6.99. The quantitative estimate of drug-likeness (QED) is 0.757. The first-order valence-corrected chi connectivity index (χ1v) is 8.21. The fraction of sp³-hybridized carbons (Fsp3) is 0.190. The maximum absolute atomic E-state index is 12.4. The standard InChI is InChI=1S/C21H21N3O/c1-21(2,3)18-8-10-19(11-9-18)24-20(25)16-6-4-15(5-7-16)17-12-22-14-23-13-17/h4-14H,1-3H3,(H,24,25). The van der Waals surface area contributed by atoms with E-state index in [9.17, 15) is 4.79 Å². The second kappa shape index (κ2) is 6.85. The molecule has 0 bridgehead atoms. The van der Waals surface area contributed by atoms with Gasteiger partial charge in [0.2, 0.25) is 0 Å². The molecular weight excluding hydrogens is 310 g/mol. The van der Waals surface area contributed by atoms with Gasteiger partial charge in [-0.25, -0.2) is 9.97 Å². The van der Waals surface area contributed by atoms with E-state index in [4.69, 9.17) is 0 Å². The third-order valence-corrected chi connectivity index (χ3v) is 4.05. The minimum absolute atomic E-state index is 0.0967. The Morgan fingerprint density at radius 1 is 0.840 bits per heavy atom. The monoisotopic (exact) mass is 331 g/mol. The highest BCUT2D eigenvalue weighted by molar-refractivity contribution is 6.04. The first kappa shape index (κ1) is 16.8. The van der Waals surface area contributed by atoms with E-state index in [0.29, 0.717) is 5.56 Å². The van der Waals surface area contributed by atoms with E-state index in [0.717, 1.165) is 16.8 Å². The van der Waals surface area contributed by atoms with Gasteiger partial charge in [0.15, 0.2) is 0 Å². The topological polar surface area (TPSA) is 54.9 Å². The number of aromatic nitrogens is 2. The fourth-order valence-electron chi connectivity index (χ4n) is 2.52. The predicted octanol–water partition coefficient (Wildman–Crippen LogP) is 4.69. The SMILES string of the molecule is CC(C)(C)c1ccc(NC(=O)c2ccc(-c3cncnc3)cc2)cc1. The Morgan fingerprint density at radius 3 is 2.00 bits per heavy atom. The molecule has 3 aromatic rings. The van der Waals surface area contributed by atoms with Crippen molar-refractivity contribution in [1.82, 2.24) is 9.97 Å². The molecule has 4 heteroatoms. The molecule has 1 N–H and O–H groups in total. The lowest BCUT2D eigenvalue weighted by Crippen LogP contribution is -2.13. The lowest BCUT2D eigenvalue weighted by molar-refractivity contribution is 0.102. The van der Waals surface area contributed by atoms with E-state index >= 15 is 0 Å². The van der Waals surface area contributed by atoms with Crippen LogP contribution in [0.5, 0.6) is 0 Å². The highest BCUT2D eigenvalue weighted by Gasteiger charge is 2.13. The van der Waals surface area contributed by atoms with Crippen LogP contribution in [-0.4, -0.2) is 15.9 Å². The molecule has 1 amide bonds. The fourth-order valence-corrected chi connectivity index (χ4v) is 2.52. The van der Waals surface area contributed by atoms with Crippen LogP contribution in [0.3, 0.4) is 0 Å². The Morgan fingerprint density at radius 2 is 1.44 bits per heavy atom. The minimum Gasteiger partial charge on any atom is -0.322 e. The average Bonchev–Trinajstić information content (AvgIpc) is 2.62. The van der Waals surface area contributed by atoms with Gasteiger partial charge < -0.3 is 5.32 Å². The van der Waals surface area contributed by atoms with Gasteiger partial charge in [-0.15, -0.1) is 0 Å². The van der Waals surface area contributed by atoms with E-state index in [1.54, 1.807) is 24.5 Å². The van der Waals surface area contributed by atoms with Crippen LogP contribution in [0, 0.1) is 0 Å². The summed E-state index contributed by atoms with van der Waals surface area (Å²) in [6, 6.07) is 15.4. The summed E-state index contributed by atoms with van der Waals surface area (Å²) in [7, 11) is 0. The molecule has 126 valence electrons. The van der Waals surface area contributed by atoms with Gasteiger partial charge in [0.25, 0.3) is 5.91 Å². The van der Waals surface area contributed by atoms with Crippen LogP contribution in [0.4, 0.5) is 5.69 Å². The van der Waals surface area contributed by atoms with Crippen LogP contribution in [0.1, 0.15) is 36.7 Å². The molecule has 4 nitrogen and oxygen atoms in total. The van der Waals surface area contributed by atoms with Crippen molar-refractivity contribution < 1.29 is 4.79 Å². The lowest BCUT2D eigenvalue weighted by atomic mass is 9.87. The summed E-state index contributed by atoms with van der Waals surface area (Å²) in [5.74, 6) is -0.126. The van der Waals surface area contributed by atoms with Crippen molar-refractivity contribution in [2.24, 2.45) is 0 Å². The first-order valence-electron chi connectivity index (χ1n) is 8.21. The maximum Gasteiger partial charge on any atom is 0.255 e. The van der Waals surface area contributed by atoms with Gasteiger partial charge in [-0.3, -0.25) is 4.79 Å². The number of carbonyl (C=O) groups excluding carboxylic acids is 1. The molecule has 1 heterocycles. The van der Waals surface area contributed by atoms with Crippen molar-refractivity contribution in [3.8, 4) is 11.1 Å². The molecule has 0 fully saturated rings. The zero-order chi connectivity index (χ0) is 17.9. The van der Waals surface area contributed by atoms with E-state index in [1.807, 2.05) is 36.4 Å². The molecule has 0 saturated carbocycles. The number of nitrogens with one attached hydrogen (secondary N) is 1. The van der Waals surface area contributed by atoms with E-state index < -0.39 is 0 Å². The van der Waals surface area contributed by atoms with Gasteiger partial charge in [0, 0.05) is 29.2 Å². The Balaban J connectivity index is 1.71. The molecule has 0 aliphatic rings. The molecule has 0 spiro atoms. The predicted molar refractivity (Wildman–Crippen MR) is 101 cm³/mol. The second-order valence-corrected chi connectivity index (χ2v) is 6.99. The summed E-state index contributed by atoms with van der Waals surface area (Å²) in [6.07, 6.45) is 4.99. The molecule has 0 atom stereocenters. The van der Waals surface area contributed by atoms with Gasteiger partial charge in [-0.1, -0.05) is 45.0 Å². The average molecular weight is 331 g/mol. The molecule has 25 heavy (non-hydrogen) atoms. The number of anilines is 1. The van der Waals surface area contributed by atoms with Gasteiger partial charge in [0.05, 0.1) is 0 Å². The van der Waals surface area contributed by atoms with Crippen molar-refractivity contribution in [1.29, 1.82) is 0 Å². The first-order chi connectivity index (χ1) is 11.9. The number of rotatable bonds is 3. The number of carbonyl (C=O) groups is 1. The molecule has 1 aromatic heterocycles. The number of amides is 1. The zero-order valence-corrected chi connectivity index (χ0v) is 14.7. The van der Waals surface area contributed by atoms with Crippen LogP contribution in [0.2, 0.25) is 0 Å². The van der Waals surface area contributed by atoms with Gasteiger partial charge in [0.1, 0.15) is 6.33 Å². The summed E-state index contributed by atoms with van der Waals surface area (Å²) < 4.78 is 0. The van der Waals surface area contributed by atoms with E-state index in [-0.39, 0.29) is 11.3 Å². The van der Waals surface area contributed by atoms with Crippen LogP contribution >= 0.6 is 0 Å². The minimum atomic E-state index is -0.126. The largest absolute Gasteiger partial charge is 0.322 e. The van der Waals surface area contributed by atoms with Crippen molar-refractivity contribution in [2.75, 3.05) is 5.32 Å². The number of hydrogen-bond acceptors (Lipinski definition) is 3. The number of benzene rings is 2. The summed E-state index contributed by atoms with van der Waals surface area (Å²) in [4.78, 5) is 20.4. The van der Waals surface area contributed by atoms with Crippen LogP contribution in [-0.2, 0) is 5.41 Å². The Hall–Kier alpha value is -3.01. The Kier molecular flexibility index (Phi) is 4.61. The van der Waals surface area contributed by atoms with Crippen LogP contribution < -0.4 is 5.32 Å². The third kappa shape index (κ3) is 4.10. The normalized spacial score (nSPS) is 11.2. The van der Waals surface area contributed by atoms with Crippen LogP contribution in [0.25, 0.3) is 11.1 Å². The Labute approximate surface area is 148 Å². The summed E-state index contributed by atoms with van der Waals surface area (Å²) >= 11 is 0. The van der Waals surface area contributed by atoms with Gasteiger partial charge in [-0.2, -0.15) is 0 Å². The zero-order valence-electron chi connectivity index (χ0n) is 14.7. The number of hydrogen-bond donors (Lipinski definition) is 1. The summed E-state index contributed by atoms with van der Waals surface area (Å²) in [5.41, 5.74) is 4.64. The molecule has 0 saturated heterocycles. The van der Waals surface area contributed by atoms with Gasteiger partial charge in [-0.05, 0) is 40.8 Å². The summed E-state index contributed by atoms with van der Waals surface area (Å²) in [5, 5.41) is 2.93. The molecule has 0 aliphatic heterocycles. The highest BCUT2D eigenvalue weighted by Crippen LogP contribution is 2.24. The highest BCUT2D eigenvalue weighted by atomic mass is 16.1. The smallest absolute Gasteiger partial charge is 0.255 e. The Bertz CT molecular complexity index is 848. The van der Waals surface area contributed by atoms with Crippen molar-refractivity contribution in [2.45, 2.75) is 26.2 Å². The van der Waals surface area contributed by atoms with Gasteiger partial charge >= 0.3 is 0 Å². The molecule has 0 aliphatic carbocycles. The van der Waals surface area contributed by atoms with Crippen molar-refractivity contribution in [3.63, 3.8) is 0 Å². The van der Waals surface area contributed by atoms with Crippen molar-refractivity contribution >= 4 is 11.6 Å². The molecule has 0 unspecified atom stereocenters. The molecule has 0 radical (unpaired) electrons. The van der Waals surface area contributed by atoms with E-state index in [1.165, 1.54) is 11.9 Å². The molecule has 2 aromatic carbocycles. The molecule has 3 rings (SSSR count). The molecular formula is C21H21N3O. The van der Waals surface area contributed by atoms with Crippen LogP contribution in [0.15, 0.2) is 67.3 Å². The van der Waals surface area contributed by atoms with Crippen molar-refractivity contribution in [3.05, 3.63) is 78.4 Å². The maximum atomic E-state index is 12.4.